The van der Waals surface area contributed by atoms with E-state index in [2.05, 4.69) is 4.40 Å². The SMILES string of the molecule is COc1ccc(S(=O)(=O)/N=C2/C=CCc3ccccc32)cc1. The normalized spacial score (nSPS) is 15.6. The molecular weight excluding hydrogens is 298 g/mol. The predicted molar refractivity (Wildman–Crippen MR) is 86.0 cm³/mol. The maximum atomic E-state index is 12.4. The van der Waals surface area contributed by atoms with Gasteiger partial charge in [-0.2, -0.15) is 12.8 Å². The first-order chi connectivity index (χ1) is 10.6. The first-order valence-corrected chi connectivity index (χ1v) is 8.28. The molecule has 0 aromatic heterocycles. The van der Waals surface area contributed by atoms with Crippen molar-refractivity contribution in [1.29, 1.82) is 0 Å². The molecule has 0 amide bonds. The lowest BCUT2D eigenvalue weighted by molar-refractivity contribution is 0.414. The number of ether oxygens (including phenoxy) is 1. The predicted octanol–water partition coefficient (Wildman–Crippen LogP) is 2.99. The van der Waals surface area contributed by atoms with E-state index in [1.54, 1.807) is 18.2 Å². The van der Waals surface area contributed by atoms with Crippen LogP contribution < -0.4 is 4.74 Å². The largest absolute Gasteiger partial charge is 0.497 e. The number of rotatable bonds is 3. The van der Waals surface area contributed by atoms with Crippen LogP contribution in [0.2, 0.25) is 0 Å². The number of methoxy groups -OCH3 is 1. The first kappa shape index (κ1) is 14.5. The second-order valence-corrected chi connectivity index (χ2v) is 6.49. The van der Waals surface area contributed by atoms with E-state index in [1.165, 1.54) is 19.2 Å². The number of benzene rings is 2. The molecule has 4 nitrogen and oxygen atoms in total. The lowest BCUT2D eigenvalue weighted by Crippen LogP contribution is -2.10. The average Bonchev–Trinajstić information content (AvgIpc) is 2.55. The van der Waals surface area contributed by atoms with E-state index in [-0.39, 0.29) is 4.90 Å². The molecule has 0 fully saturated rings. The molecule has 0 N–H and O–H groups in total. The number of fused-ring (bicyclic) bond motifs is 1. The summed E-state index contributed by atoms with van der Waals surface area (Å²) >= 11 is 0. The summed E-state index contributed by atoms with van der Waals surface area (Å²) < 4.78 is 33.9. The van der Waals surface area contributed by atoms with Gasteiger partial charge in [-0.05, 0) is 42.3 Å². The zero-order chi connectivity index (χ0) is 15.6. The Morgan fingerprint density at radius 1 is 1.05 bits per heavy atom. The van der Waals surface area contributed by atoms with Gasteiger partial charge in [0.15, 0.2) is 0 Å². The molecule has 0 unspecified atom stereocenters. The Morgan fingerprint density at radius 2 is 1.77 bits per heavy atom. The minimum atomic E-state index is -3.75. The third-order valence-corrected chi connectivity index (χ3v) is 4.79. The van der Waals surface area contributed by atoms with E-state index in [9.17, 15) is 8.42 Å². The van der Waals surface area contributed by atoms with E-state index in [4.69, 9.17) is 4.74 Å². The van der Waals surface area contributed by atoms with Crippen LogP contribution >= 0.6 is 0 Å². The molecule has 5 heteroatoms. The number of hydrogen-bond acceptors (Lipinski definition) is 3. The molecule has 0 saturated carbocycles. The van der Waals surface area contributed by atoms with Gasteiger partial charge in [0.25, 0.3) is 10.0 Å². The quantitative estimate of drug-likeness (QED) is 0.875. The maximum Gasteiger partial charge on any atom is 0.282 e. The summed E-state index contributed by atoms with van der Waals surface area (Å²) in [5, 5.41) is 0. The maximum absolute atomic E-state index is 12.4. The second kappa shape index (κ2) is 5.77. The van der Waals surface area contributed by atoms with Crippen molar-refractivity contribution in [2.75, 3.05) is 7.11 Å². The van der Waals surface area contributed by atoms with Crippen LogP contribution in [-0.4, -0.2) is 21.2 Å². The van der Waals surface area contributed by atoms with Gasteiger partial charge in [-0.15, -0.1) is 0 Å². The van der Waals surface area contributed by atoms with Crippen LogP contribution in [0.1, 0.15) is 11.1 Å². The highest BCUT2D eigenvalue weighted by Gasteiger charge is 2.17. The molecule has 0 spiro atoms. The Labute approximate surface area is 129 Å². The van der Waals surface area contributed by atoms with Gasteiger partial charge in [-0.3, -0.25) is 0 Å². The first-order valence-electron chi connectivity index (χ1n) is 6.84. The van der Waals surface area contributed by atoms with E-state index in [1.807, 2.05) is 30.3 Å². The van der Waals surface area contributed by atoms with Gasteiger partial charge < -0.3 is 4.74 Å². The molecule has 0 radical (unpaired) electrons. The smallest absolute Gasteiger partial charge is 0.282 e. The summed E-state index contributed by atoms with van der Waals surface area (Å²) in [6, 6.07) is 13.9. The van der Waals surface area contributed by atoms with Gasteiger partial charge in [0.2, 0.25) is 0 Å². The highest BCUT2D eigenvalue weighted by molar-refractivity contribution is 7.90. The number of nitrogens with zero attached hydrogens (tertiary/aromatic N) is 1. The Balaban J connectivity index is 2.02. The van der Waals surface area contributed by atoms with Gasteiger partial charge in [0, 0.05) is 5.56 Å². The highest BCUT2D eigenvalue weighted by Crippen LogP contribution is 2.21. The van der Waals surface area contributed by atoms with Crippen molar-refractivity contribution >= 4 is 15.7 Å². The van der Waals surface area contributed by atoms with Crippen LogP contribution in [-0.2, 0) is 16.4 Å². The molecule has 2 aromatic rings. The molecule has 1 aliphatic carbocycles. The summed E-state index contributed by atoms with van der Waals surface area (Å²) in [4.78, 5) is 0.150. The number of hydrogen-bond donors (Lipinski definition) is 0. The van der Waals surface area contributed by atoms with Gasteiger partial charge in [-0.1, -0.05) is 30.3 Å². The van der Waals surface area contributed by atoms with Gasteiger partial charge in [0.05, 0.1) is 17.7 Å². The molecule has 0 heterocycles. The Kier molecular flexibility index (Phi) is 3.81. The zero-order valence-electron chi connectivity index (χ0n) is 12.1. The van der Waals surface area contributed by atoms with Gasteiger partial charge in [0.1, 0.15) is 5.75 Å². The number of sulfonamides is 1. The van der Waals surface area contributed by atoms with Gasteiger partial charge in [-0.25, -0.2) is 0 Å². The molecule has 1 aliphatic rings. The molecule has 2 aromatic carbocycles. The molecule has 22 heavy (non-hydrogen) atoms. The van der Waals surface area contributed by atoms with Crippen molar-refractivity contribution in [1.82, 2.24) is 0 Å². The minimum absolute atomic E-state index is 0.150. The summed E-state index contributed by atoms with van der Waals surface area (Å²) in [6.07, 6.45) is 4.46. The Morgan fingerprint density at radius 3 is 2.50 bits per heavy atom. The zero-order valence-corrected chi connectivity index (χ0v) is 12.9. The van der Waals surface area contributed by atoms with E-state index < -0.39 is 10.0 Å². The Hall–Kier alpha value is -2.40. The standard InChI is InChI=1S/C17H15NO3S/c1-21-14-9-11-15(12-10-14)22(19,20)18-17-8-4-6-13-5-2-3-7-16(13)17/h2-5,7-12H,6H2,1H3/b18-17-. The lowest BCUT2D eigenvalue weighted by Gasteiger charge is -2.12. The lowest BCUT2D eigenvalue weighted by atomic mass is 9.96. The molecule has 112 valence electrons. The highest BCUT2D eigenvalue weighted by atomic mass is 32.2. The Bertz CT molecular complexity index is 850. The second-order valence-electron chi connectivity index (χ2n) is 4.89. The van der Waals surface area contributed by atoms with Crippen molar-refractivity contribution in [2.45, 2.75) is 11.3 Å². The van der Waals surface area contributed by atoms with Crippen molar-refractivity contribution in [3.05, 3.63) is 71.8 Å². The molecule has 3 rings (SSSR count). The minimum Gasteiger partial charge on any atom is -0.497 e. The summed E-state index contributed by atoms with van der Waals surface area (Å²) in [5.74, 6) is 0.606. The molecule has 0 saturated heterocycles. The van der Waals surface area contributed by atoms with Crippen molar-refractivity contribution < 1.29 is 13.2 Å². The van der Waals surface area contributed by atoms with Crippen LogP contribution in [0.5, 0.6) is 5.75 Å². The van der Waals surface area contributed by atoms with Crippen molar-refractivity contribution in [3.8, 4) is 5.75 Å². The van der Waals surface area contributed by atoms with Crippen LogP contribution in [0.25, 0.3) is 0 Å². The summed E-state index contributed by atoms with van der Waals surface area (Å²) in [5.41, 5.74) is 2.41. The van der Waals surface area contributed by atoms with E-state index in [0.29, 0.717) is 11.5 Å². The van der Waals surface area contributed by atoms with Crippen LogP contribution in [0.3, 0.4) is 0 Å². The van der Waals surface area contributed by atoms with Crippen LogP contribution in [0.4, 0.5) is 0 Å². The third-order valence-electron chi connectivity index (χ3n) is 3.48. The molecule has 0 bridgehead atoms. The third kappa shape index (κ3) is 2.80. The van der Waals surface area contributed by atoms with E-state index >= 15 is 0 Å². The van der Waals surface area contributed by atoms with Crippen molar-refractivity contribution in [3.63, 3.8) is 0 Å². The monoisotopic (exact) mass is 313 g/mol. The summed E-state index contributed by atoms with van der Waals surface area (Å²) in [7, 11) is -2.21. The fourth-order valence-electron chi connectivity index (χ4n) is 2.34. The van der Waals surface area contributed by atoms with Gasteiger partial charge >= 0.3 is 0 Å². The fraction of sp³-hybridized carbons (Fsp3) is 0.118. The van der Waals surface area contributed by atoms with Crippen LogP contribution in [0.15, 0.2) is 70.0 Å². The molecular formula is C17H15NO3S. The molecule has 0 aliphatic heterocycles. The van der Waals surface area contributed by atoms with E-state index in [0.717, 1.165) is 17.5 Å². The van der Waals surface area contributed by atoms with Crippen molar-refractivity contribution in [2.24, 2.45) is 4.40 Å². The average molecular weight is 313 g/mol. The topological polar surface area (TPSA) is 55.7 Å². The summed E-state index contributed by atoms with van der Waals surface area (Å²) in [6.45, 7) is 0. The molecule has 0 atom stereocenters. The van der Waals surface area contributed by atoms with Crippen LogP contribution in [0, 0.1) is 0 Å². The number of allylic oxidation sites excluding steroid dienone is 2. The fourth-order valence-corrected chi connectivity index (χ4v) is 3.35.